The molecule has 1 aliphatic rings. The Bertz CT molecular complexity index is 1050. The van der Waals surface area contributed by atoms with E-state index in [1.54, 1.807) is 36.1 Å². The molecule has 0 aromatic heterocycles. The van der Waals surface area contributed by atoms with Crippen LogP contribution in [0.5, 0.6) is 0 Å². The van der Waals surface area contributed by atoms with Gasteiger partial charge in [-0.25, -0.2) is 8.42 Å². The average molecular weight is 500 g/mol. The standard InChI is InChI=1S/C27H37N3O4S/c1-22(27(32)28-24-14-9-10-15-24)29(21-19-23-12-5-3-6-13-23)26(31)18-11-20-30(35(2,33)34)25-16-7-4-8-17-25/h3-8,12-13,16-17,22,24H,9-11,14-15,18-21H2,1-2H3,(H,28,32)/t22-/m0/s1. The third-order valence-corrected chi connectivity index (χ3v) is 7.74. The lowest BCUT2D eigenvalue weighted by molar-refractivity contribution is -0.140. The number of nitrogens with zero attached hydrogens (tertiary/aromatic N) is 2. The first kappa shape index (κ1) is 26.7. The summed E-state index contributed by atoms with van der Waals surface area (Å²) in [6.07, 6.45) is 6.54. The lowest BCUT2D eigenvalue weighted by Crippen LogP contribution is -2.50. The van der Waals surface area contributed by atoms with Gasteiger partial charge >= 0.3 is 0 Å². The minimum atomic E-state index is -3.48. The van der Waals surface area contributed by atoms with E-state index < -0.39 is 16.1 Å². The normalized spacial score (nSPS) is 14.9. The van der Waals surface area contributed by atoms with Gasteiger partial charge in [0, 0.05) is 25.6 Å². The number of rotatable bonds is 12. The fourth-order valence-corrected chi connectivity index (χ4v) is 5.53. The lowest BCUT2D eigenvalue weighted by atomic mass is 10.1. The zero-order chi connectivity index (χ0) is 25.3. The molecule has 0 spiro atoms. The van der Waals surface area contributed by atoms with Crippen LogP contribution < -0.4 is 9.62 Å². The fourth-order valence-electron chi connectivity index (χ4n) is 4.56. The Balaban J connectivity index is 1.65. The van der Waals surface area contributed by atoms with Crippen LogP contribution in [0.15, 0.2) is 60.7 Å². The number of sulfonamides is 1. The summed E-state index contributed by atoms with van der Waals surface area (Å²) in [7, 11) is -3.48. The maximum atomic E-state index is 13.3. The van der Waals surface area contributed by atoms with E-state index in [2.05, 4.69) is 5.32 Å². The molecule has 1 atom stereocenters. The van der Waals surface area contributed by atoms with Crippen molar-refractivity contribution in [2.24, 2.45) is 0 Å². The molecule has 0 bridgehead atoms. The molecule has 0 aliphatic heterocycles. The SMILES string of the molecule is C[C@@H](C(=O)NC1CCCC1)N(CCc1ccccc1)C(=O)CCCN(c1ccccc1)S(C)(=O)=O. The first-order valence-corrected chi connectivity index (χ1v) is 14.3. The van der Waals surface area contributed by atoms with Crippen molar-refractivity contribution in [2.45, 2.75) is 64.0 Å². The van der Waals surface area contributed by atoms with Gasteiger partial charge in [-0.05, 0) is 50.3 Å². The Morgan fingerprint density at radius 1 is 0.971 bits per heavy atom. The molecular weight excluding hydrogens is 462 g/mol. The summed E-state index contributed by atoms with van der Waals surface area (Å²) >= 11 is 0. The number of carbonyl (C=O) groups is 2. The molecule has 8 heteroatoms. The van der Waals surface area contributed by atoms with E-state index in [0.717, 1.165) is 31.2 Å². The van der Waals surface area contributed by atoms with Crippen LogP contribution in [0.4, 0.5) is 5.69 Å². The summed E-state index contributed by atoms with van der Waals surface area (Å²) in [4.78, 5) is 27.9. The van der Waals surface area contributed by atoms with Crippen LogP contribution in [0, 0.1) is 0 Å². The molecule has 2 amide bonds. The molecular formula is C27H37N3O4S. The Morgan fingerprint density at radius 2 is 1.57 bits per heavy atom. The van der Waals surface area contributed by atoms with Gasteiger partial charge < -0.3 is 10.2 Å². The number of carbonyl (C=O) groups excluding carboxylic acids is 2. The average Bonchev–Trinajstić information content (AvgIpc) is 3.35. The highest BCUT2D eigenvalue weighted by atomic mass is 32.2. The molecule has 0 radical (unpaired) electrons. The number of nitrogens with one attached hydrogen (secondary N) is 1. The predicted octanol–water partition coefficient (Wildman–Crippen LogP) is 3.75. The highest BCUT2D eigenvalue weighted by molar-refractivity contribution is 7.92. The summed E-state index contributed by atoms with van der Waals surface area (Å²) in [6.45, 7) is 2.40. The van der Waals surface area contributed by atoms with E-state index in [0.29, 0.717) is 25.1 Å². The molecule has 2 aromatic rings. The number of benzene rings is 2. The Labute approximate surface area is 209 Å². The van der Waals surface area contributed by atoms with Crippen molar-refractivity contribution in [3.8, 4) is 0 Å². The van der Waals surface area contributed by atoms with E-state index in [9.17, 15) is 18.0 Å². The van der Waals surface area contributed by atoms with E-state index in [4.69, 9.17) is 0 Å². The number of anilines is 1. The molecule has 7 nitrogen and oxygen atoms in total. The van der Waals surface area contributed by atoms with Crippen LogP contribution in [0.25, 0.3) is 0 Å². The Hall–Kier alpha value is -2.87. The second-order valence-corrected chi connectivity index (χ2v) is 11.2. The third-order valence-electron chi connectivity index (χ3n) is 6.55. The third kappa shape index (κ3) is 8.09. The number of para-hydroxylation sites is 1. The van der Waals surface area contributed by atoms with Crippen molar-refractivity contribution in [2.75, 3.05) is 23.7 Å². The van der Waals surface area contributed by atoms with Gasteiger partial charge in [-0.1, -0.05) is 61.4 Å². The van der Waals surface area contributed by atoms with Crippen molar-refractivity contribution in [1.82, 2.24) is 10.2 Å². The lowest BCUT2D eigenvalue weighted by Gasteiger charge is -2.30. The molecule has 35 heavy (non-hydrogen) atoms. The first-order valence-electron chi connectivity index (χ1n) is 12.4. The first-order chi connectivity index (χ1) is 16.8. The van der Waals surface area contributed by atoms with E-state index in [-0.39, 0.29) is 30.8 Å². The molecule has 1 fully saturated rings. The van der Waals surface area contributed by atoms with Crippen LogP contribution in [0.3, 0.4) is 0 Å². The van der Waals surface area contributed by atoms with Gasteiger partial charge in [0.05, 0.1) is 11.9 Å². The summed E-state index contributed by atoms with van der Waals surface area (Å²) in [6, 6.07) is 18.4. The quantitative estimate of drug-likeness (QED) is 0.482. The van der Waals surface area contributed by atoms with Crippen molar-refractivity contribution in [3.63, 3.8) is 0 Å². The summed E-state index contributed by atoms with van der Waals surface area (Å²) < 4.78 is 26.0. The van der Waals surface area contributed by atoms with Gasteiger partial charge in [0.15, 0.2) is 0 Å². The number of amides is 2. The molecule has 0 saturated heterocycles. The largest absolute Gasteiger partial charge is 0.352 e. The highest BCUT2D eigenvalue weighted by Crippen LogP contribution is 2.20. The molecule has 2 aromatic carbocycles. The molecule has 3 rings (SSSR count). The van der Waals surface area contributed by atoms with Gasteiger partial charge in [0.1, 0.15) is 6.04 Å². The Kier molecular flexibility index (Phi) is 9.72. The fraction of sp³-hybridized carbons (Fsp3) is 0.481. The van der Waals surface area contributed by atoms with Crippen molar-refractivity contribution in [3.05, 3.63) is 66.2 Å². The zero-order valence-corrected chi connectivity index (χ0v) is 21.5. The number of hydrogen-bond acceptors (Lipinski definition) is 4. The number of hydrogen-bond donors (Lipinski definition) is 1. The monoisotopic (exact) mass is 499 g/mol. The smallest absolute Gasteiger partial charge is 0.242 e. The van der Waals surface area contributed by atoms with E-state index in [1.807, 2.05) is 36.4 Å². The summed E-state index contributed by atoms with van der Waals surface area (Å²) in [5.74, 6) is -0.267. The maximum Gasteiger partial charge on any atom is 0.242 e. The van der Waals surface area contributed by atoms with Crippen LogP contribution in [0.2, 0.25) is 0 Å². The summed E-state index contributed by atoms with van der Waals surface area (Å²) in [5.41, 5.74) is 1.67. The van der Waals surface area contributed by atoms with E-state index in [1.165, 1.54) is 10.6 Å². The molecule has 0 heterocycles. The Morgan fingerprint density at radius 3 is 2.17 bits per heavy atom. The predicted molar refractivity (Wildman–Crippen MR) is 140 cm³/mol. The topological polar surface area (TPSA) is 86.8 Å². The summed E-state index contributed by atoms with van der Waals surface area (Å²) in [5, 5.41) is 3.11. The van der Waals surface area contributed by atoms with Gasteiger partial charge in [0.25, 0.3) is 0 Å². The second-order valence-electron chi connectivity index (χ2n) is 9.26. The van der Waals surface area contributed by atoms with Gasteiger partial charge in [0.2, 0.25) is 21.8 Å². The van der Waals surface area contributed by atoms with Crippen LogP contribution in [0.1, 0.15) is 51.0 Å². The van der Waals surface area contributed by atoms with Gasteiger partial charge in [-0.2, -0.15) is 0 Å². The van der Waals surface area contributed by atoms with Gasteiger partial charge in [-0.15, -0.1) is 0 Å². The van der Waals surface area contributed by atoms with Crippen LogP contribution in [-0.4, -0.2) is 56.6 Å². The minimum absolute atomic E-state index is 0.125. The molecule has 190 valence electrons. The molecule has 1 aliphatic carbocycles. The molecule has 1 saturated carbocycles. The van der Waals surface area contributed by atoms with Crippen LogP contribution >= 0.6 is 0 Å². The molecule has 1 N–H and O–H groups in total. The second kappa shape index (κ2) is 12.7. The molecule has 0 unspecified atom stereocenters. The van der Waals surface area contributed by atoms with Crippen molar-refractivity contribution in [1.29, 1.82) is 0 Å². The minimum Gasteiger partial charge on any atom is -0.352 e. The maximum absolute atomic E-state index is 13.3. The van der Waals surface area contributed by atoms with Gasteiger partial charge in [-0.3, -0.25) is 13.9 Å². The highest BCUT2D eigenvalue weighted by Gasteiger charge is 2.28. The van der Waals surface area contributed by atoms with Crippen LogP contribution in [-0.2, 0) is 26.0 Å². The zero-order valence-electron chi connectivity index (χ0n) is 20.7. The van der Waals surface area contributed by atoms with Crippen molar-refractivity contribution >= 4 is 27.5 Å². The van der Waals surface area contributed by atoms with E-state index >= 15 is 0 Å². The van der Waals surface area contributed by atoms with Crippen molar-refractivity contribution < 1.29 is 18.0 Å².